The molecule has 0 bridgehead atoms. The fourth-order valence-corrected chi connectivity index (χ4v) is 2.17. The number of nitrogens with one attached hydrogen (secondary N) is 1. The van der Waals surface area contributed by atoms with Gasteiger partial charge in [-0.1, -0.05) is 52.6 Å². The van der Waals surface area contributed by atoms with E-state index in [1.54, 1.807) is 0 Å². The molecule has 14 heavy (non-hydrogen) atoms. The number of carbonyl (C=O) groups is 1. The molecular weight excluding hydrogens is 310 g/mol. The molecule has 0 saturated carbocycles. The van der Waals surface area contributed by atoms with Crippen molar-refractivity contribution >= 4 is 37.8 Å². The van der Waals surface area contributed by atoms with Gasteiger partial charge in [-0.15, -0.1) is 0 Å². The minimum atomic E-state index is -0.192. The predicted molar refractivity (Wildman–Crippen MR) is 68.2 cm³/mol. The summed E-state index contributed by atoms with van der Waals surface area (Å²) in [7, 11) is 0. The summed E-state index contributed by atoms with van der Waals surface area (Å²) in [5.74, 6) is 0.110. The monoisotopic (exact) mass is 327 g/mol. The summed E-state index contributed by atoms with van der Waals surface area (Å²) in [6.45, 7) is 8.20. The van der Waals surface area contributed by atoms with E-state index in [9.17, 15) is 4.79 Å². The van der Waals surface area contributed by atoms with Crippen LogP contribution in [0.1, 0.15) is 34.1 Å². The van der Waals surface area contributed by atoms with Gasteiger partial charge < -0.3 is 5.32 Å². The molecule has 4 heteroatoms. The van der Waals surface area contributed by atoms with Crippen molar-refractivity contribution in [2.45, 2.75) is 39.7 Å². The van der Waals surface area contributed by atoms with E-state index in [1.165, 1.54) is 0 Å². The Morgan fingerprint density at radius 1 is 1.14 bits per heavy atom. The molecule has 84 valence electrons. The Labute approximate surface area is 103 Å². The third-order valence-electron chi connectivity index (χ3n) is 1.72. The molecule has 0 aromatic rings. The summed E-state index contributed by atoms with van der Waals surface area (Å²) >= 11 is 6.79. The van der Waals surface area contributed by atoms with Gasteiger partial charge in [0.25, 0.3) is 0 Å². The van der Waals surface area contributed by atoms with Crippen LogP contribution < -0.4 is 5.32 Å². The van der Waals surface area contributed by atoms with Gasteiger partial charge in [-0.25, -0.2) is 0 Å². The number of alkyl halides is 2. The molecule has 0 saturated heterocycles. The molecule has 0 unspecified atom stereocenters. The standard InChI is InChI=1S/C10H19Br2NO/c1-9(2,3)5-8(14)13-10(4,6-11)7-12/h5-7H2,1-4H3,(H,13,14). The Hall–Kier alpha value is 0.430. The van der Waals surface area contributed by atoms with Crippen LogP contribution in [0.25, 0.3) is 0 Å². The molecule has 0 aliphatic carbocycles. The third kappa shape index (κ3) is 6.02. The zero-order chi connectivity index (χ0) is 11.4. The predicted octanol–water partition coefficient (Wildman–Crippen LogP) is 3.09. The lowest BCUT2D eigenvalue weighted by atomic mass is 9.91. The van der Waals surface area contributed by atoms with Crippen LogP contribution in [-0.2, 0) is 4.79 Å². The molecule has 0 rings (SSSR count). The van der Waals surface area contributed by atoms with Crippen LogP contribution in [0.5, 0.6) is 0 Å². The highest BCUT2D eigenvalue weighted by Gasteiger charge is 2.25. The summed E-state index contributed by atoms with van der Waals surface area (Å²) in [6.07, 6.45) is 0.558. The van der Waals surface area contributed by atoms with Crippen molar-refractivity contribution in [3.63, 3.8) is 0 Å². The van der Waals surface area contributed by atoms with Crippen molar-refractivity contribution in [2.24, 2.45) is 5.41 Å². The van der Waals surface area contributed by atoms with Gasteiger partial charge in [-0.2, -0.15) is 0 Å². The second-order valence-electron chi connectivity index (χ2n) is 5.11. The van der Waals surface area contributed by atoms with E-state index >= 15 is 0 Å². The SMILES string of the molecule is CC(C)(C)CC(=O)NC(C)(CBr)CBr. The van der Waals surface area contributed by atoms with Crippen LogP contribution in [-0.4, -0.2) is 22.1 Å². The zero-order valence-electron chi connectivity index (χ0n) is 9.29. The van der Waals surface area contributed by atoms with Gasteiger partial charge in [0, 0.05) is 17.1 Å². The smallest absolute Gasteiger partial charge is 0.220 e. The van der Waals surface area contributed by atoms with Crippen LogP contribution >= 0.6 is 31.9 Å². The second-order valence-corrected chi connectivity index (χ2v) is 6.24. The highest BCUT2D eigenvalue weighted by molar-refractivity contribution is 9.09. The summed E-state index contributed by atoms with van der Waals surface area (Å²) in [6, 6.07) is 0. The van der Waals surface area contributed by atoms with E-state index in [2.05, 4.69) is 57.9 Å². The number of rotatable bonds is 4. The summed E-state index contributed by atoms with van der Waals surface area (Å²) in [5.41, 5.74) is -0.147. The molecule has 0 heterocycles. The summed E-state index contributed by atoms with van der Waals surface area (Å²) in [5, 5.41) is 4.52. The van der Waals surface area contributed by atoms with Gasteiger partial charge in [-0.05, 0) is 12.3 Å². The molecule has 0 aromatic carbocycles. The highest BCUT2D eigenvalue weighted by atomic mass is 79.9. The van der Waals surface area contributed by atoms with Crippen molar-refractivity contribution in [3.8, 4) is 0 Å². The number of halogens is 2. The van der Waals surface area contributed by atoms with Crippen LogP contribution in [0.15, 0.2) is 0 Å². The number of amides is 1. The molecule has 0 aliphatic heterocycles. The lowest BCUT2D eigenvalue weighted by Crippen LogP contribution is -2.49. The van der Waals surface area contributed by atoms with E-state index < -0.39 is 0 Å². The summed E-state index contributed by atoms with van der Waals surface area (Å²) in [4.78, 5) is 11.6. The van der Waals surface area contributed by atoms with Gasteiger partial charge in [0.1, 0.15) is 0 Å². The molecule has 1 N–H and O–H groups in total. The van der Waals surface area contributed by atoms with Crippen molar-refractivity contribution in [2.75, 3.05) is 10.7 Å². The Kier molecular flexibility index (Phi) is 5.67. The van der Waals surface area contributed by atoms with Gasteiger partial charge in [-0.3, -0.25) is 4.79 Å². The van der Waals surface area contributed by atoms with Crippen molar-refractivity contribution in [3.05, 3.63) is 0 Å². The van der Waals surface area contributed by atoms with Crippen molar-refractivity contribution < 1.29 is 4.79 Å². The third-order valence-corrected chi connectivity index (χ3v) is 4.20. The lowest BCUT2D eigenvalue weighted by Gasteiger charge is -2.28. The first kappa shape index (κ1) is 14.4. The molecule has 0 aliphatic rings. The van der Waals surface area contributed by atoms with Crippen LogP contribution in [0.3, 0.4) is 0 Å². The van der Waals surface area contributed by atoms with Gasteiger partial charge in [0.2, 0.25) is 5.91 Å². The Bertz CT molecular complexity index is 195. The highest BCUT2D eigenvalue weighted by Crippen LogP contribution is 2.19. The maximum atomic E-state index is 11.6. The molecule has 0 atom stereocenters. The van der Waals surface area contributed by atoms with Crippen molar-refractivity contribution in [1.82, 2.24) is 5.32 Å². The normalized spacial score (nSPS) is 12.7. The first-order chi connectivity index (χ1) is 6.22. The van der Waals surface area contributed by atoms with E-state index in [-0.39, 0.29) is 16.9 Å². The quantitative estimate of drug-likeness (QED) is 0.789. The van der Waals surface area contributed by atoms with Crippen LogP contribution in [0.4, 0.5) is 0 Å². The van der Waals surface area contributed by atoms with E-state index in [1.807, 2.05) is 6.92 Å². The molecule has 0 aromatic heterocycles. The first-order valence-electron chi connectivity index (χ1n) is 4.65. The Morgan fingerprint density at radius 2 is 1.57 bits per heavy atom. The molecule has 2 nitrogen and oxygen atoms in total. The minimum Gasteiger partial charge on any atom is -0.349 e. The van der Waals surface area contributed by atoms with E-state index in [0.29, 0.717) is 6.42 Å². The lowest BCUT2D eigenvalue weighted by molar-refractivity contribution is -0.124. The van der Waals surface area contributed by atoms with Crippen molar-refractivity contribution in [1.29, 1.82) is 0 Å². The van der Waals surface area contributed by atoms with E-state index in [4.69, 9.17) is 0 Å². The maximum absolute atomic E-state index is 11.6. The van der Waals surface area contributed by atoms with Gasteiger partial charge in [0.15, 0.2) is 0 Å². The number of carbonyl (C=O) groups excluding carboxylic acids is 1. The number of hydrogen-bond donors (Lipinski definition) is 1. The van der Waals surface area contributed by atoms with Crippen LogP contribution in [0, 0.1) is 5.41 Å². The molecule has 1 amide bonds. The fraction of sp³-hybridized carbons (Fsp3) is 0.900. The summed E-state index contributed by atoms with van der Waals surface area (Å²) < 4.78 is 0. The maximum Gasteiger partial charge on any atom is 0.220 e. The average molecular weight is 329 g/mol. The Morgan fingerprint density at radius 3 is 1.86 bits per heavy atom. The minimum absolute atomic E-state index is 0.0453. The van der Waals surface area contributed by atoms with Crippen LogP contribution in [0.2, 0.25) is 0 Å². The van der Waals surface area contributed by atoms with Gasteiger partial charge in [0.05, 0.1) is 5.54 Å². The Balaban J connectivity index is 4.18. The van der Waals surface area contributed by atoms with E-state index in [0.717, 1.165) is 10.7 Å². The topological polar surface area (TPSA) is 29.1 Å². The second kappa shape index (κ2) is 5.50. The molecule has 0 radical (unpaired) electrons. The largest absolute Gasteiger partial charge is 0.349 e. The fourth-order valence-electron chi connectivity index (χ4n) is 0.965. The number of hydrogen-bond acceptors (Lipinski definition) is 1. The molecular formula is C10H19Br2NO. The zero-order valence-corrected chi connectivity index (χ0v) is 12.5. The average Bonchev–Trinajstić information content (AvgIpc) is 2.00. The van der Waals surface area contributed by atoms with Gasteiger partial charge >= 0.3 is 0 Å². The molecule has 0 fully saturated rings. The molecule has 0 spiro atoms. The first-order valence-corrected chi connectivity index (χ1v) is 6.90.